The van der Waals surface area contributed by atoms with Gasteiger partial charge >= 0.3 is 0 Å². The zero-order chi connectivity index (χ0) is 19.8. The van der Waals surface area contributed by atoms with Crippen LogP contribution in [0.5, 0.6) is 17.2 Å². The Morgan fingerprint density at radius 2 is 1.85 bits per heavy atom. The van der Waals surface area contributed by atoms with Crippen LogP contribution in [-0.2, 0) is 0 Å². The normalized spacial score (nSPS) is 11.4. The van der Waals surface area contributed by atoms with Gasteiger partial charge in [0.15, 0.2) is 11.5 Å². The molecule has 0 bridgehead atoms. The van der Waals surface area contributed by atoms with Crippen molar-refractivity contribution in [2.24, 2.45) is 0 Å². The van der Waals surface area contributed by atoms with Crippen molar-refractivity contribution >= 4 is 5.91 Å². The lowest BCUT2D eigenvalue weighted by molar-refractivity contribution is 0.0935. The maximum atomic E-state index is 12.7. The standard InChI is InChI=1S/C22H27NO4/c1-6-19(16-10-11-20(25-4)21(13-16)26-5)23-22(24)17-8-7-9-18(12-17)27-14-15(2)3/h7-13,19H,2,6,14H2,1,3-5H3,(H,23,24)/t19-/m0/s1. The second-order valence-corrected chi connectivity index (χ2v) is 6.32. The number of nitrogens with one attached hydrogen (secondary N) is 1. The van der Waals surface area contributed by atoms with E-state index in [9.17, 15) is 4.79 Å². The lowest BCUT2D eigenvalue weighted by Crippen LogP contribution is -2.28. The van der Waals surface area contributed by atoms with Gasteiger partial charge in [-0.15, -0.1) is 0 Å². The van der Waals surface area contributed by atoms with Crippen LogP contribution in [0.4, 0.5) is 0 Å². The van der Waals surface area contributed by atoms with Gasteiger partial charge < -0.3 is 19.5 Å². The largest absolute Gasteiger partial charge is 0.493 e. The van der Waals surface area contributed by atoms with Gasteiger partial charge in [0.1, 0.15) is 12.4 Å². The van der Waals surface area contributed by atoms with Crippen LogP contribution in [0.3, 0.4) is 0 Å². The van der Waals surface area contributed by atoms with Crippen molar-refractivity contribution < 1.29 is 19.0 Å². The average molecular weight is 369 g/mol. The zero-order valence-corrected chi connectivity index (χ0v) is 16.4. The molecule has 5 heteroatoms. The van der Waals surface area contributed by atoms with E-state index < -0.39 is 0 Å². The molecular weight excluding hydrogens is 342 g/mol. The van der Waals surface area contributed by atoms with E-state index in [-0.39, 0.29) is 11.9 Å². The molecule has 2 aromatic rings. The first-order chi connectivity index (χ1) is 13.0. The summed E-state index contributed by atoms with van der Waals surface area (Å²) in [4.78, 5) is 12.7. The third-order valence-corrected chi connectivity index (χ3v) is 4.10. The highest BCUT2D eigenvalue weighted by Crippen LogP contribution is 2.31. The fourth-order valence-corrected chi connectivity index (χ4v) is 2.67. The molecule has 0 saturated carbocycles. The van der Waals surface area contributed by atoms with Crippen LogP contribution in [-0.4, -0.2) is 26.7 Å². The molecule has 0 aromatic heterocycles. The van der Waals surface area contributed by atoms with E-state index in [0.717, 1.165) is 17.6 Å². The van der Waals surface area contributed by atoms with Crippen LogP contribution in [0.25, 0.3) is 0 Å². The highest BCUT2D eigenvalue weighted by Gasteiger charge is 2.16. The highest BCUT2D eigenvalue weighted by molar-refractivity contribution is 5.94. The minimum Gasteiger partial charge on any atom is -0.493 e. The summed E-state index contributed by atoms with van der Waals surface area (Å²) in [6, 6.07) is 12.7. The minimum absolute atomic E-state index is 0.141. The molecule has 0 unspecified atom stereocenters. The summed E-state index contributed by atoms with van der Waals surface area (Å²) in [6.07, 6.45) is 0.743. The molecule has 27 heavy (non-hydrogen) atoms. The van der Waals surface area contributed by atoms with Gasteiger partial charge in [0.2, 0.25) is 0 Å². The van der Waals surface area contributed by atoms with Crippen molar-refractivity contribution in [2.45, 2.75) is 26.3 Å². The minimum atomic E-state index is -0.155. The van der Waals surface area contributed by atoms with Gasteiger partial charge in [-0.1, -0.05) is 25.6 Å². The smallest absolute Gasteiger partial charge is 0.251 e. The Hall–Kier alpha value is -2.95. The maximum absolute atomic E-state index is 12.7. The molecule has 0 aliphatic heterocycles. The number of methoxy groups -OCH3 is 2. The van der Waals surface area contributed by atoms with E-state index in [1.807, 2.05) is 38.1 Å². The molecule has 2 rings (SSSR count). The number of hydrogen-bond donors (Lipinski definition) is 1. The van der Waals surface area contributed by atoms with Crippen molar-refractivity contribution in [3.05, 3.63) is 65.7 Å². The summed E-state index contributed by atoms with van der Waals surface area (Å²) < 4.78 is 16.3. The van der Waals surface area contributed by atoms with Crippen LogP contribution in [0.2, 0.25) is 0 Å². The molecule has 1 amide bonds. The van der Waals surface area contributed by atoms with E-state index in [1.165, 1.54) is 0 Å². The fourth-order valence-electron chi connectivity index (χ4n) is 2.67. The topological polar surface area (TPSA) is 56.8 Å². The molecule has 0 aliphatic rings. The first kappa shape index (κ1) is 20.4. The van der Waals surface area contributed by atoms with Gasteiger partial charge in [-0.3, -0.25) is 4.79 Å². The molecule has 2 aromatic carbocycles. The van der Waals surface area contributed by atoms with Gasteiger partial charge in [-0.05, 0) is 54.8 Å². The molecular formula is C22H27NO4. The Morgan fingerprint density at radius 3 is 2.48 bits per heavy atom. The molecule has 1 atom stereocenters. The average Bonchev–Trinajstić information content (AvgIpc) is 2.69. The Morgan fingerprint density at radius 1 is 1.11 bits per heavy atom. The van der Waals surface area contributed by atoms with Crippen molar-refractivity contribution in [1.29, 1.82) is 0 Å². The summed E-state index contributed by atoms with van der Waals surface area (Å²) in [5.74, 6) is 1.78. The van der Waals surface area contributed by atoms with E-state index in [0.29, 0.717) is 29.4 Å². The molecule has 0 spiro atoms. The van der Waals surface area contributed by atoms with E-state index >= 15 is 0 Å². The third kappa shape index (κ3) is 5.51. The van der Waals surface area contributed by atoms with Crippen LogP contribution < -0.4 is 19.5 Å². The molecule has 5 nitrogen and oxygen atoms in total. The predicted molar refractivity (Wildman–Crippen MR) is 107 cm³/mol. The maximum Gasteiger partial charge on any atom is 0.251 e. The first-order valence-electron chi connectivity index (χ1n) is 8.88. The number of rotatable bonds is 9. The van der Waals surface area contributed by atoms with Gasteiger partial charge in [0.25, 0.3) is 5.91 Å². The highest BCUT2D eigenvalue weighted by atomic mass is 16.5. The van der Waals surface area contributed by atoms with Crippen LogP contribution >= 0.6 is 0 Å². The number of carbonyl (C=O) groups is 1. The summed E-state index contributed by atoms with van der Waals surface area (Å²) >= 11 is 0. The van der Waals surface area contributed by atoms with Gasteiger partial charge in [0, 0.05) is 5.56 Å². The van der Waals surface area contributed by atoms with Gasteiger partial charge in [-0.2, -0.15) is 0 Å². The summed E-state index contributed by atoms with van der Waals surface area (Å²) in [5.41, 5.74) is 2.43. The number of amides is 1. The molecule has 0 heterocycles. The van der Waals surface area contributed by atoms with Gasteiger partial charge in [0.05, 0.1) is 20.3 Å². The Balaban J connectivity index is 2.15. The van der Waals surface area contributed by atoms with E-state index in [4.69, 9.17) is 14.2 Å². The second kappa shape index (κ2) is 9.67. The quantitative estimate of drug-likeness (QED) is 0.659. The fraction of sp³-hybridized carbons (Fsp3) is 0.318. The van der Waals surface area contributed by atoms with E-state index in [2.05, 4.69) is 11.9 Å². The molecule has 1 N–H and O–H groups in total. The Bertz CT molecular complexity index is 801. The van der Waals surface area contributed by atoms with Crippen molar-refractivity contribution in [3.63, 3.8) is 0 Å². The summed E-state index contributed by atoms with van der Waals surface area (Å²) in [6.45, 7) is 8.16. The summed E-state index contributed by atoms with van der Waals surface area (Å²) in [5, 5.41) is 3.07. The number of hydrogen-bond acceptors (Lipinski definition) is 4. The van der Waals surface area contributed by atoms with Gasteiger partial charge in [-0.25, -0.2) is 0 Å². The monoisotopic (exact) mass is 369 g/mol. The lowest BCUT2D eigenvalue weighted by atomic mass is 10.0. The van der Waals surface area contributed by atoms with E-state index in [1.54, 1.807) is 32.4 Å². The van der Waals surface area contributed by atoms with Crippen molar-refractivity contribution in [1.82, 2.24) is 5.32 Å². The van der Waals surface area contributed by atoms with Crippen molar-refractivity contribution in [3.8, 4) is 17.2 Å². The van der Waals surface area contributed by atoms with Crippen molar-refractivity contribution in [2.75, 3.05) is 20.8 Å². The van der Waals surface area contributed by atoms with Crippen LogP contribution in [0.1, 0.15) is 42.2 Å². The number of carbonyl (C=O) groups excluding carboxylic acids is 1. The predicted octanol–water partition coefficient (Wildman–Crippen LogP) is 4.54. The van der Waals surface area contributed by atoms with Crippen LogP contribution in [0, 0.1) is 0 Å². The second-order valence-electron chi connectivity index (χ2n) is 6.32. The first-order valence-corrected chi connectivity index (χ1v) is 8.88. The molecule has 0 saturated heterocycles. The molecule has 0 aliphatic carbocycles. The molecule has 0 radical (unpaired) electrons. The Kier molecular flexibility index (Phi) is 7.29. The number of benzene rings is 2. The molecule has 0 fully saturated rings. The number of ether oxygens (including phenoxy) is 3. The lowest BCUT2D eigenvalue weighted by Gasteiger charge is -2.19. The van der Waals surface area contributed by atoms with Crippen LogP contribution in [0.15, 0.2) is 54.6 Å². The SMILES string of the molecule is C=C(C)COc1cccc(C(=O)N[C@@H](CC)c2ccc(OC)c(OC)c2)c1. The molecule has 144 valence electrons. The zero-order valence-electron chi connectivity index (χ0n) is 16.4. The Labute approximate surface area is 161 Å². The third-order valence-electron chi connectivity index (χ3n) is 4.10. The summed E-state index contributed by atoms with van der Waals surface area (Å²) in [7, 11) is 3.19.